The molecule has 0 fully saturated rings. The number of aromatic nitrogens is 2. The van der Waals surface area contributed by atoms with Crippen LogP contribution in [0.3, 0.4) is 0 Å². The van der Waals surface area contributed by atoms with Gasteiger partial charge >= 0.3 is 0 Å². The number of fused-ring (bicyclic) bond motifs is 1. The quantitative estimate of drug-likeness (QED) is 0.585. The van der Waals surface area contributed by atoms with E-state index >= 15 is 0 Å². The zero-order chi connectivity index (χ0) is 14.5. The molecule has 0 saturated heterocycles. The summed E-state index contributed by atoms with van der Waals surface area (Å²) in [6, 6.07) is 14.9. The molecule has 104 valence electrons. The van der Waals surface area contributed by atoms with E-state index in [-0.39, 0.29) is 5.91 Å². The van der Waals surface area contributed by atoms with Gasteiger partial charge in [0.15, 0.2) is 0 Å². The highest BCUT2D eigenvalue weighted by Gasteiger charge is 2.02. The lowest BCUT2D eigenvalue weighted by molar-refractivity contribution is -0.120. The number of rotatable bonds is 4. The minimum Gasteiger partial charge on any atom is -0.273 e. The fourth-order valence-electron chi connectivity index (χ4n) is 1.88. The third-order valence-electron chi connectivity index (χ3n) is 2.89. The predicted octanol–water partition coefficient (Wildman–Crippen LogP) is 1.92. The second-order valence-corrected chi connectivity index (χ2v) is 4.47. The van der Waals surface area contributed by atoms with Crippen LogP contribution < -0.4 is 5.43 Å². The topological polar surface area (TPSA) is 80.4 Å². The summed E-state index contributed by atoms with van der Waals surface area (Å²) in [5.41, 5.74) is 5.57. The third-order valence-corrected chi connectivity index (χ3v) is 2.89. The molecular formula is C15H12N4O2. The van der Waals surface area contributed by atoms with Gasteiger partial charge in [0.05, 0.1) is 12.6 Å². The summed E-state index contributed by atoms with van der Waals surface area (Å²) >= 11 is 0. The molecule has 6 heteroatoms. The zero-order valence-electron chi connectivity index (χ0n) is 11.1. The maximum atomic E-state index is 11.7. The van der Waals surface area contributed by atoms with Crippen LogP contribution in [0.4, 0.5) is 0 Å². The van der Waals surface area contributed by atoms with Crippen LogP contribution in [0.15, 0.2) is 58.3 Å². The second kappa shape index (κ2) is 5.96. The molecule has 3 rings (SSSR count). The average Bonchev–Trinajstić information content (AvgIpc) is 2.96. The van der Waals surface area contributed by atoms with Crippen LogP contribution >= 0.6 is 0 Å². The van der Waals surface area contributed by atoms with E-state index in [9.17, 15) is 4.79 Å². The maximum Gasteiger partial charge on any atom is 0.244 e. The van der Waals surface area contributed by atoms with Crippen LogP contribution in [-0.4, -0.2) is 22.4 Å². The predicted molar refractivity (Wildman–Crippen MR) is 77.7 cm³/mol. The van der Waals surface area contributed by atoms with Crippen molar-refractivity contribution in [1.82, 2.24) is 15.7 Å². The van der Waals surface area contributed by atoms with Gasteiger partial charge in [0, 0.05) is 0 Å². The molecule has 2 aromatic carbocycles. The smallest absolute Gasteiger partial charge is 0.244 e. The fraction of sp³-hybridized carbons (Fsp3) is 0.0667. The van der Waals surface area contributed by atoms with Crippen LogP contribution in [0, 0.1) is 0 Å². The van der Waals surface area contributed by atoms with Crippen molar-refractivity contribution in [1.29, 1.82) is 0 Å². The summed E-state index contributed by atoms with van der Waals surface area (Å²) in [7, 11) is 0. The van der Waals surface area contributed by atoms with Gasteiger partial charge in [-0.25, -0.2) is 10.1 Å². The lowest BCUT2D eigenvalue weighted by Crippen LogP contribution is -2.19. The van der Waals surface area contributed by atoms with Crippen molar-refractivity contribution in [3.8, 4) is 0 Å². The Morgan fingerprint density at radius 1 is 1.14 bits per heavy atom. The summed E-state index contributed by atoms with van der Waals surface area (Å²) in [5.74, 6) is -0.165. The highest BCUT2D eigenvalue weighted by Crippen LogP contribution is 2.09. The molecule has 0 atom stereocenters. The Kier molecular flexibility index (Phi) is 3.68. The maximum absolute atomic E-state index is 11.7. The monoisotopic (exact) mass is 280 g/mol. The Morgan fingerprint density at radius 2 is 1.95 bits per heavy atom. The normalized spacial score (nSPS) is 11.0. The lowest BCUT2D eigenvalue weighted by Gasteiger charge is -1.99. The van der Waals surface area contributed by atoms with Crippen molar-refractivity contribution >= 4 is 23.2 Å². The highest BCUT2D eigenvalue weighted by molar-refractivity contribution is 5.87. The molecule has 3 aromatic rings. The molecular weight excluding hydrogens is 268 g/mol. The summed E-state index contributed by atoms with van der Waals surface area (Å²) in [6.07, 6.45) is 1.85. The molecule has 0 spiro atoms. The van der Waals surface area contributed by atoms with E-state index in [2.05, 4.69) is 25.5 Å². The number of nitrogens with one attached hydrogen (secondary N) is 1. The molecule has 0 aliphatic rings. The number of amides is 1. The van der Waals surface area contributed by atoms with Crippen molar-refractivity contribution in [2.75, 3.05) is 0 Å². The van der Waals surface area contributed by atoms with Crippen LogP contribution in [0.1, 0.15) is 11.1 Å². The lowest BCUT2D eigenvalue weighted by atomic mass is 10.1. The van der Waals surface area contributed by atoms with Crippen LogP contribution in [0.2, 0.25) is 0 Å². The summed E-state index contributed by atoms with van der Waals surface area (Å²) < 4.78 is 4.61. The van der Waals surface area contributed by atoms with E-state index < -0.39 is 0 Å². The van der Waals surface area contributed by atoms with Gasteiger partial charge in [-0.3, -0.25) is 4.79 Å². The number of carbonyl (C=O) groups excluding carboxylic acids is 1. The molecule has 0 unspecified atom stereocenters. The van der Waals surface area contributed by atoms with Crippen molar-refractivity contribution in [3.63, 3.8) is 0 Å². The number of benzene rings is 2. The van der Waals surface area contributed by atoms with Gasteiger partial charge in [-0.1, -0.05) is 36.4 Å². The van der Waals surface area contributed by atoms with Crippen LogP contribution in [0.25, 0.3) is 11.0 Å². The average molecular weight is 280 g/mol. The number of carbonyl (C=O) groups is 1. The number of hydrazone groups is 1. The van der Waals surface area contributed by atoms with E-state index in [1.54, 1.807) is 18.3 Å². The molecule has 1 amide bonds. The first kappa shape index (κ1) is 13.0. The van der Waals surface area contributed by atoms with Crippen molar-refractivity contribution < 1.29 is 9.42 Å². The van der Waals surface area contributed by atoms with Gasteiger partial charge in [-0.05, 0) is 33.6 Å². The molecule has 0 aliphatic heterocycles. The van der Waals surface area contributed by atoms with Crippen LogP contribution in [0.5, 0.6) is 0 Å². The summed E-state index contributed by atoms with van der Waals surface area (Å²) in [4.78, 5) is 11.7. The third kappa shape index (κ3) is 3.30. The van der Waals surface area contributed by atoms with Crippen molar-refractivity contribution in [2.45, 2.75) is 6.42 Å². The van der Waals surface area contributed by atoms with Crippen molar-refractivity contribution in [2.24, 2.45) is 5.10 Å². The van der Waals surface area contributed by atoms with E-state index in [1.165, 1.54) is 0 Å². The first-order valence-electron chi connectivity index (χ1n) is 6.39. The summed E-state index contributed by atoms with van der Waals surface area (Å²) in [5, 5.41) is 11.4. The minimum absolute atomic E-state index is 0.165. The van der Waals surface area contributed by atoms with Gasteiger partial charge < -0.3 is 0 Å². The van der Waals surface area contributed by atoms with Gasteiger partial charge in [0.25, 0.3) is 0 Å². The van der Waals surface area contributed by atoms with Gasteiger partial charge in [-0.15, -0.1) is 0 Å². The number of hydrogen-bond donors (Lipinski definition) is 1. The fourth-order valence-corrected chi connectivity index (χ4v) is 1.88. The molecule has 0 bridgehead atoms. The number of hydrogen-bond acceptors (Lipinski definition) is 5. The Hall–Kier alpha value is -3.02. The van der Waals surface area contributed by atoms with Crippen LogP contribution in [-0.2, 0) is 11.2 Å². The molecule has 0 radical (unpaired) electrons. The molecule has 1 aromatic heterocycles. The van der Waals surface area contributed by atoms with Gasteiger partial charge in [0.2, 0.25) is 5.91 Å². The van der Waals surface area contributed by atoms with Gasteiger partial charge in [-0.2, -0.15) is 5.10 Å². The highest BCUT2D eigenvalue weighted by atomic mass is 16.6. The second-order valence-electron chi connectivity index (χ2n) is 4.47. The molecule has 1 N–H and O–H groups in total. The van der Waals surface area contributed by atoms with E-state index in [0.717, 1.165) is 11.1 Å². The molecule has 21 heavy (non-hydrogen) atoms. The Morgan fingerprint density at radius 3 is 2.81 bits per heavy atom. The van der Waals surface area contributed by atoms with Crippen molar-refractivity contribution in [3.05, 3.63) is 59.7 Å². The SMILES string of the molecule is O=C(Cc1ccccc1)N/N=C\c1ccc2nonc2c1. The molecule has 1 heterocycles. The standard InChI is InChI=1S/C15H12N4O2/c20-15(9-11-4-2-1-3-5-11)17-16-10-12-6-7-13-14(8-12)19-21-18-13/h1-8,10H,9H2,(H,17,20)/b16-10-. The van der Waals surface area contributed by atoms with E-state index in [0.29, 0.717) is 17.5 Å². The first-order chi connectivity index (χ1) is 10.3. The molecule has 0 saturated carbocycles. The minimum atomic E-state index is -0.165. The molecule has 6 nitrogen and oxygen atoms in total. The van der Waals surface area contributed by atoms with E-state index in [4.69, 9.17) is 0 Å². The Bertz CT molecular complexity index is 780. The Labute approximate surface area is 120 Å². The zero-order valence-corrected chi connectivity index (χ0v) is 11.1. The van der Waals surface area contributed by atoms with E-state index in [1.807, 2.05) is 36.4 Å². The van der Waals surface area contributed by atoms with Gasteiger partial charge in [0.1, 0.15) is 11.0 Å². The summed E-state index contributed by atoms with van der Waals surface area (Å²) in [6.45, 7) is 0. The Balaban J connectivity index is 1.60. The number of nitrogens with zero attached hydrogens (tertiary/aromatic N) is 3. The molecule has 0 aliphatic carbocycles. The first-order valence-corrected chi connectivity index (χ1v) is 6.39. The largest absolute Gasteiger partial charge is 0.273 e.